The van der Waals surface area contributed by atoms with E-state index in [0.717, 1.165) is 19.6 Å². The van der Waals surface area contributed by atoms with E-state index in [1.807, 2.05) is 0 Å². The molecule has 0 radical (unpaired) electrons. The lowest BCUT2D eigenvalue weighted by atomic mass is 10.1. The maximum atomic E-state index is 3.58. The second-order valence-corrected chi connectivity index (χ2v) is 5.72. The molecule has 2 nitrogen and oxygen atoms in total. The Bertz CT molecular complexity index is 350. The van der Waals surface area contributed by atoms with Crippen LogP contribution in [0, 0.1) is 6.92 Å². The first-order valence-corrected chi connectivity index (χ1v) is 6.96. The molecule has 0 aliphatic carbocycles. The van der Waals surface area contributed by atoms with Gasteiger partial charge in [-0.2, -0.15) is 0 Å². The van der Waals surface area contributed by atoms with E-state index in [0.29, 0.717) is 6.04 Å². The zero-order valence-electron chi connectivity index (χ0n) is 11.3. The van der Waals surface area contributed by atoms with Gasteiger partial charge in [-0.25, -0.2) is 0 Å². The predicted octanol–water partition coefficient (Wildman–Crippen LogP) is 3.19. The minimum absolute atomic E-state index is 0.566. The highest BCUT2D eigenvalue weighted by atomic mass is 79.9. The highest BCUT2D eigenvalue weighted by molar-refractivity contribution is 9.10. The molecule has 17 heavy (non-hydrogen) atoms. The van der Waals surface area contributed by atoms with Gasteiger partial charge in [0, 0.05) is 30.1 Å². The number of nitrogens with one attached hydrogen (secondary N) is 1. The molecule has 0 aliphatic rings. The van der Waals surface area contributed by atoms with Gasteiger partial charge in [0.05, 0.1) is 0 Å². The molecule has 0 saturated heterocycles. The van der Waals surface area contributed by atoms with Crippen LogP contribution in [0.3, 0.4) is 0 Å². The Morgan fingerprint density at radius 2 is 2.06 bits per heavy atom. The van der Waals surface area contributed by atoms with Crippen LogP contribution < -0.4 is 5.32 Å². The lowest BCUT2D eigenvalue weighted by Gasteiger charge is -2.19. The molecule has 0 atom stereocenters. The second kappa shape index (κ2) is 7.14. The summed E-state index contributed by atoms with van der Waals surface area (Å²) >= 11 is 3.58. The molecule has 0 spiro atoms. The average molecular weight is 299 g/mol. The number of rotatable bonds is 6. The monoisotopic (exact) mass is 298 g/mol. The van der Waals surface area contributed by atoms with Gasteiger partial charge >= 0.3 is 0 Å². The van der Waals surface area contributed by atoms with Crippen LogP contribution in [0.5, 0.6) is 0 Å². The maximum Gasteiger partial charge on any atom is 0.0234 e. The molecule has 0 saturated carbocycles. The van der Waals surface area contributed by atoms with Crippen molar-refractivity contribution in [1.82, 2.24) is 10.2 Å². The lowest BCUT2D eigenvalue weighted by Crippen LogP contribution is -2.32. The summed E-state index contributed by atoms with van der Waals surface area (Å²) in [4.78, 5) is 2.35. The van der Waals surface area contributed by atoms with Gasteiger partial charge in [-0.15, -0.1) is 0 Å². The van der Waals surface area contributed by atoms with Gasteiger partial charge in [0.25, 0.3) is 0 Å². The van der Waals surface area contributed by atoms with Crippen LogP contribution in [0.2, 0.25) is 0 Å². The van der Waals surface area contributed by atoms with Gasteiger partial charge in [-0.3, -0.25) is 0 Å². The van der Waals surface area contributed by atoms with E-state index in [2.05, 4.69) is 72.2 Å². The lowest BCUT2D eigenvalue weighted by molar-refractivity contribution is 0.319. The zero-order valence-corrected chi connectivity index (χ0v) is 12.8. The molecule has 0 unspecified atom stereocenters. The Balaban J connectivity index is 2.45. The number of hydrogen-bond acceptors (Lipinski definition) is 2. The van der Waals surface area contributed by atoms with Crippen molar-refractivity contribution >= 4 is 15.9 Å². The normalized spacial score (nSPS) is 11.5. The van der Waals surface area contributed by atoms with Crippen molar-refractivity contribution in [1.29, 1.82) is 0 Å². The first-order valence-electron chi connectivity index (χ1n) is 6.16. The third-order valence-electron chi connectivity index (χ3n) is 2.87. The van der Waals surface area contributed by atoms with Crippen LogP contribution >= 0.6 is 15.9 Å². The molecule has 0 aliphatic heterocycles. The van der Waals surface area contributed by atoms with Gasteiger partial charge < -0.3 is 10.2 Å². The van der Waals surface area contributed by atoms with Crippen molar-refractivity contribution in [3.8, 4) is 0 Å². The summed E-state index contributed by atoms with van der Waals surface area (Å²) in [5, 5.41) is 3.44. The Morgan fingerprint density at radius 1 is 1.35 bits per heavy atom. The van der Waals surface area contributed by atoms with Crippen molar-refractivity contribution in [3.63, 3.8) is 0 Å². The molecule has 1 aromatic carbocycles. The smallest absolute Gasteiger partial charge is 0.0234 e. The van der Waals surface area contributed by atoms with Crippen molar-refractivity contribution in [2.75, 3.05) is 20.1 Å². The molecular formula is C14H23BrN2. The molecule has 3 heteroatoms. The van der Waals surface area contributed by atoms with Crippen LogP contribution in [0.15, 0.2) is 22.7 Å². The third-order valence-corrected chi connectivity index (χ3v) is 3.73. The molecule has 0 fully saturated rings. The van der Waals surface area contributed by atoms with E-state index in [4.69, 9.17) is 0 Å². The van der Waals surface area contributed by atoms with Gasteiger partial charge in [0.15, 0.2) is 0 Å². The summed E-state index contributed by atoms with van der Waals surface area (Å²) in [6.45, 7) is 9.65. The molecule has 0 amide bonds. The minimum Gasteiger partial charge on any atom is -0.313 e. The predicted molar refractivity (Wildman–Crippen MR) is 78.4 cm³/mol. The highest BCUT2D eigenvalue weighted by Gasteiger charge is 2.05. The zero-order chi connectivity index (χ0) is 12.8. The summed E-state index contributed by atoms with van der Waals surface area (Å²) in [6.07, 6.45) is 0. The average Bonchev–Trinajstić information content (AvgIpc) is 2.24. The molecule has 1 N–H and O–H groups in total. The van der Waals surface area contributed by atoms with Gasteiger partial charge in [0.2, 0.25) is 0 Å². The molecule has 1 rings (SSSR count). The topological polar surface area (TPSA) is 15.3 Å². The van der Waals surface area contributed by atoms with Crippen molar-refractivity contribution < 1.29 is 0 Å². The van der Waals surface area contributed by atoms with Crippen LogP contribution in [0.1, 0.15) is 25.0 Å². The van der Waals surface area contributed by atoms with E-state index < -0.39 is 0 Å². The van der Waals surface area contributed by atoms with Crippen molar-refractivity contribution in [2.24, 2.45) is 0 Å². The largest absolute Gasteiger partial charge is 0.313 e. The highest BCUT2D eigenvalue weighted by Crippen LogP contribution is 2.20. The van der Waals surface area contributed by atoms with Crippen LogP contribution in [-0.2, 0) is 6.54 Å². The van der Waals surface area contributed by atoms with E-state index in [1.54, 1.807) is 0 Å². The van der Waals surface area contributed by atoms with Gasteiger partial charge in [-0.1, -0.05) is 41.9 Å². The second-order valence-electron chi connectivity index (χ2n) is 4.87. The molecule has 0 heterocycles. The summed E-state index contributed by atoms with van der Waals surface area (Å²) in [5.41, 5.74) is 2.74. The Labute approximate surface area is 114 Å². The number of benzene rings is 1. The molecule has 0 aromatic heterocycles. The summed E-state index contributed by atoms with van der Waals surface area (Å²) < 4.78 is 1.20. The Morgan fingerprint density at radius 3 is 2.71 bits per heavy atom. The number of likely N-dealkylation sites (N-methyl/N-ethyl adjacent to an activating group) is 1. The van der Waals surface area contributed by atoms with E-state index in [9.17, 15) is 0 Å². The SMILES string of the molecule is Cc1c(Br)cccc1CN(C)CCNC(C)C. The standard InChI is InChI=1S/C14H23BrN2/c1-11(2)16-8-9-17(4)10-13-6-5-7-14(15)12(13)3/h5-7,11,16H,8-10H2,1-4H3. The molecule has 1 aromatic rings. The maximum absolute atomic E-state index is 3.58. The summed E-state index contributed by atoms with van der Waals surface area (Å²) in [7, 11) is 2.17. The van der Waals surface area contributed by atoms with E-state index in [-0.39, 0.29) is 0 Å². The van der Waals surface area contributed by atoms with Crippen molar-refractivity contribution in [3.05, 3.63) is 33.8 Å². The van der Waals surface area contributed by atoms with Gasteiger partial charge in [-0.05, 0) is 31.2 Å². The van der Waals surface area contributed by atoms with E-state index >= 15 is 0 Å². The third kappa shape index (κ3) is 5.19. The van der Waals surface area contributed by atoms with Crippen LogP contribution in [0.25, 0.3) is 0 Å². The molecule has 0 bridgehead atoms. The summed E-state index contributed by atoms with van der Waals surface area (Å²) in [5.74, 6) is 0. The fourth-order valence-corrected chi connectivity index (χ4v) is 2.14. The van der Waals surface area contributed by atoms with Crippen LogP contribution in [0.4, 0.5) is 0 Å². The van der Waals surface area contributed by atoms with Gasteiger partial charge in [0.1, 0.15) is 0 Å². The Hall–Kier alpha value is -0.380. The molecular weight excluding hydrogens is 276 g/mol. The number of nitrogens with zero attached hydrogens (tertiary/aromatic N) is 1. The van der Waals surface area contributed by atoms with Crippen molar-refractivity contribution in [2.45, 2.75) is 33.4 Å². The first-order chi connectivity index (χ1) is 8.00. The quantitative estimate of drug-likeness (QED) is 0.868. The minimum atomic E-state index is 0.566. The number of hydrogen-bond donors (Lipinski definition) is 1. The number of halogens is 1. The summed E-state index contributed by atoms with van der Waals surface area (Å²) in [6, 6.07) is 6.97. The Kier molecular flexibility index (Phi) is 6.17. The molecule has 96 valence electrons. The van der Waals surface area contributed by atoms with E-state index in [1.165, 1.54) is 15.6 Å². The first kappa shape index (κ1) is 14.7. The fraction of sp³-hybridized carbons (Fsp3) is 0.571. The van der Waals surface area contributed by atoms with Crippen LogP contribution in [-0.4, -0.2) is 31.1 Å². The fourth-order valence-electron chi connectivity index (χ4n) is 1.74.